The normalized spacial score (nSPS) is 10.1. The zero-order valence-electron chi connectivity index (χ0n) is 9.95. The zero-order chi connectivity index (χ0) is 13.1. The highest BCUT2D eigenvalue weighted by molar-refractivity contribution is 7.17. The summed E-state index contributed by atoms with van der Waals surface area (Å²) in [4.78, 5) is 16.9. The van der Waals surface area contributed by atoms with Crippen molar-refractivity contribution >= 4 is 28.1 Å². The molecule has 1 N–H and O–H groups in total. The first-order chi connectivity index (χ1) is 8.63. The number of rotatable bonds is 4. The van der Waals surface area contributed by atoms with Crippen molar-refractivity contribution in [2.45, 2.75) is 0 Å². The van der Waals surface area contributed by atoms with Gasteiger partial charge in [-0.05, 0) is 12.1 Å². The van der Waals surface area contributed by atoms with Crippen molar-refractivity contribution in [2.24, 2.45) is 0 Å². The predicted molar refractivity (Wildman–Crippen MR) is 70.1 cm³/mol. The third kappa shape index (κ3) is 2.28. The lowest BCUT2D eigenvalue weighted by atomic mass is 10.3. The fourth-order valence-electron chi connectivity index (χ4n) is 1.53. The molecule has 0 amide bonds. The number of ether oxygens (including phenoxy) is 1. The highest BCUT2D eigenvalue weighted by Gasteiger charge is 2.15. The van der Waals surface area contributed by atoms with Crippen LogP contribution < -0.4 is 9.64 Å². The van der Waals surface area contributed by atoms with Crippen LogP contribution in [0.4, 0.5) is 10.8 Å². The van der Waals surface area contributed by atoms with Gasteiger partial charge >= 0.3 is 5.97 Å². The number of carbonyl (C=O) groups is 1. The van der Waals surface area contributed by atoms with E-state index in [1.54, 1.807) is 12.0 Å². The molecule has 1 aromatic carbocycles. The number of carboxylic acid groups (broad SMARTS) is 1. The number of thiazole rings is 1. The maximum Gasteiger partial charge on any atom is 0.347 e. The molecule has 18 heavy (non-hydrogen) atoms. The van der Waals surface area contributed by atoms with Crippen molar-refractivity contribution in [3.8, 4) is 5.75 Å². The van der Waals surface area contributed by atoms with E-state index in [0.29, 0.717) is 10.9 Å². The molecule has 0 saturated carbocycles. The van der Waals surface area contributed by atoms with Gasteiger partial charge in [-0.1, -0.05) is 23.5 Å². The second-order valence-corrected chi connectivity index (χ2v) is 4.55. The van der Waals surface area contributed by atoms with Crippen LogP contribution in [0.2, 0.25) is 0 Å². The average Bonchev–Trinajstić information content (AvgIpc) is 2.87. The minimum Gasteiger partial charge on any atom is -0.495 e. The van der Waals surface area contributed by atoms with Gasteiger partial charge in [-0.15, -0.1) is 0 Å². The van der Waals surface area contributed by atoms with E-state index in [1.165, 1.54) is 6.20 Å². The molecule has 0 radical (unpaired) electrons. The van der Waals surface area contributed by atoms with Crippen LogP contribution in [0.3, 0.4) is 0 Å². The monoisotopic (exact) mass is 264 g/mol. The van der Waals surface area contributed by atoms with Gasteiger partial charge in [0.1, 0.15) is 10.6 Å². The van der Waals surface area contributed by atoms with Crippen LogP contribution in [0.15, 0.2) is 30.5 Å². The molecule has 2 aromatic rings. The lowest BCUT2D eigenvalue weighted by Crippen LogP contribution is -2.10. The Bertz CT molecular complexity index is 568. The van der Waals surface area contributed by atoms with Crippen molar-refractivity contribution in [2.75, 3.05) is 19.1 Å². The molecule has 0 bridgehead atoms. The van der Waals surface area contributed by atoms with E-state index in [9.17, 15) is 4.79 Å². The summed E-state index contributed by atoms with van der Waals surface area (Å²) in [5, 5.41) is 9.49. The lowest BCUT2D eigenvalue weighted by molar-refractivity contribution is 0.0702. The molecule has 5 nitrogen and oxygen atoms in total. The Balaban J connectivity index is 2.35. The van der Waals surface area contributed by atoms with Crippen LogP contribution in [-0.2, 0) is 0 Å². The Morgan fingerprint density at radius 1 is 1.44 bits per heavy atom. The first-order valence-electron chi connectivity index (χ1n) is 5.19. The van der Waals surface area contributed by atoms with Gasteiger partial charge in [0.15, 0.2) is 5.13 Å². The number of para-hydroxylation sites is 2. The molecule has 1 aromatic heterocycles. The molecule has 0 aliphatic carbocycles. The molecule has 0 fully saturated rings. The number of methoxy groups -OCH3 is 1. The number of nitrogens with zero attached hydrogens (tertiary/aromatic N) is 2. The van der Waals surface area contributed by atoms with Gasteiger partial charge in [0.2, 0.25) is 0 Å². The molecule has 94 valence electrons. The Morgan fingerprint density at radius 2 is 2.17 bits per heavy atom. The summed E-state index contributed by atoms with van der Waals surface area (Å²) >= 11 is 1.12. The number of benzene rings is 1. The summed E-state index contributed by atoms with van der Waals surface area (Å²) in [6, 6.07) is 7.50. The Labute approximate surface area is 108 Å². The van der Waals surface area contributed by atoms with Crippen LogP contribution in [0, 0.1) is 0 Å². The van der Waals surface area contributed by atoms with Crippen LogP contribution in [0.1, 0.15) is 9.67 Å². The first kappa shape index (κ1) is 12.4. The average molecular weight is 264 g/mol. The van der Waals surface area contributed by atoms with E-state index in [0.717, 1.165) is 17.0 Å². The van der Waals surface area contributed by atoms with Gasteiger partial charge in [0, 0.05) is 7.05 Å². The van der Waals surface area contributed by atoms with Crippen LogP contribution in [0.5, 0.6) is 5.75 Å². The molecule has 0 saturated heterocycles. The highest BCUT2D eigenvalue weighted by Crippen LogP contribution is 2.34. The summed E-state index contributed by atoms with van der Waals surface area (Å²) in [6.45, 7) is 0. The predicted octanol–water partition coefficient (Wildman–Crippen LogP) is 2.62. The van der Waals surface area contributed by atoms with Crippen LogP contribution in [-0.4, -0.2) is 30.2 Å². The van der Waals surface area contributed by atoms with Gasteiger partial charge in [-0.2, -0.15) is 0 Å². The number of hydrogen-bond acceptors (Lipinski definition) is 5. The van der Waals surface area contributed by atoms with Gasteiger partial charge in [-0.3, -0.25) is 0 Å². The van der Waals surface area contributed by atoms with E-state index in [4.69, 9.17) is 9.84 Å². The van der Waals surface area contributed by atoms with Gasteiger partial charge in [0.25, 0.3) is 0 Å². The maximum absolute atomic E-state index is 10.8. The summed E-state index contributed by atoms with van der Waals surface area (Å²) in [5.74, 6) is -0.251. The van der Waals surface area contributed by atoms with Gasteiger partial charge in [-0.25, -0.2) is 9.78 Å². The van der Waals surface area contributed by atoms with Crippen LogP contribution >= 0.6 is 11.3 Å². The highest BCUT2D eigenvalue weighted by atomic mass is 32.1. The molecule has 1 heterocycles. The summed E-state index contributed by atoms with van der Waals surface area (Å²) in [5.41, 5.74) is 0.839. The van der Waals surface area contributed by atoms with Crippen molar-refractivity contribution < 1.29 is 14.6 Å². The lowest BCUT2D eigenvalue weighted by Gasteiger charge is -2.18. The number of aromatic carboxylic acids is 1. The second-order valence-electron chi connectivity index (χ2n) is 3.54. The number of anilines is 2. The third-order valence-corrected chi connectivity index (χ3v) is 3.50. The zero-order valence-corrected chi connectivity index (χ0v) is 10.8. The van der Waals surface area contributed by atoms with E-state index in [-0.39, 0.29) is 4.88 Å². The first-order valence-corrected chi connectivity index (χ1v) is 6.01. The largest absolute Gasteiger partial charge is 0.495 e. The minimum atomic E-state index is -0.966. The topological polar surface area (TPSA) is 62.7 Å². The smallest absolute Gasteiger partial charge is 0.347 e. The van der Waals surface area contributed by atoms with Crippen molar-refractivity contribution in [1.82, 2.24) is 4.98 Å². The molecular weight excluding hydrogens is 252 g/mol. The quantitative estimate of drug-likeness (QED) is 0.919. The Morgan fingerprint density at radius 3 is 2.78 bits per heavy atom. The SMILES string of the molecule is COc1ccccc1N(C)c1ncc(C(=O)O)s1. The van der Waals surface area contributed by atoms with Gasteiger partial charge in [0.05, 0.1) is 19.0 Å². The molecule has 0 unspecified atom stereocenters. The van der Waals surface area contributed by atoms with Crippen molar-refractivity contribution in [3.05, 3.63) is 35.3 Å². The van der Waals surface area contributed by atoms with Crippen LogP contribution in [0.25, 0.3) is 0 Å². The molecule has 2 rings (SSSR count). The second kappa shape index (κ2) is 5.05. The summed E-state index contributed by atoms with van der Waals surface area (Å²) in [7, 11) is 3.42. The molecule has 0 aliphatic heterocycles. The van der Waals surface area contributed by atoms with E-state index >= 15 is 0 Å². The van der Waals surface area contributed by atoms with E-state index in [1.807, 2.05) is 31.3 Å². The number of hydrogen-bond donors (Lipinski definition) is 1. The molecular formula is C12H12N2O3S. The maximum atomic E-state index is 10.8. The van der Waals surface area contributed by atoms with Gasteiger partial charge < -0.3 is 14.7 Å². The fourth-order valence-corrected chi connectivity index (χ4v) is 2.26. The molecule has 0 spiro atoms. The Hall–Kier alpha value is -2.08. The summed E-state index contributed by atoms with van der Waals surface area (Å²) in [6.07, 6.45) is 1.36. The van der Waals surface area contributed by atoms with Crippen molar-refractivity contribution in [3.63, 3.8) is 0 Å². The number of aromatic nitrogens is 1. The van der Waals surface area contributed by atoms with E-state index < -0.39 is 5.97 Å². The molecule has 0 aliphatic rings. The summed E-state index contributed by atoms with van der Waals surface area (Å²) < 4.78 is 5.26. The third-order valence-electron chi connectivity index (χ3n) is 2.44. The molecule has 0 atom stereocenters. The minimum absolute atomic E-state index is 0.215. The standard InChI is InChI=1S/C12H12N2O3S/c1-14(8-5-3-4-6-9(8)17-2)12-13-7-10(18-12)11(15)16/h3-7H,1-2H3,(H,15,16). The molecule has 6 heteroatoms. The number of carboxylic acids is 1. The fraction of sp³-hybridized carbons (Fsp3) is 0.167. The van der Waals surface area contributed by atoms with Crippen molar-refractivity contribution in [1.29, 1.82) is 0 Å². The Kier molecular flexibility index (Phi) is 3.47. The van der Waals surface area contributed by atoms with E-state index in [2.05, 4.69) is 4.98 Å².